The summed E-state index contributed by atoms with van der Waals surface area (Å²) in [6, 6.07) is 5.65. The van der Waals surface area contributed by atoms with Crippen molar-refractivity contribution in [3.8, 4) is 11.8 Å². The average Bonchev–Trinajstić information content (AvgIpc) is 3.03. The van der Waals surface area contributed by atoms with Gasteiger partial charge in [-0.15, -0.1) is 0 Å². The van der Waals surface area contributed by atoms with Crippen LogP contribution in [0.1, 0.15) is 31.0 Å². The number of nitrogen functional groups attached to an aromatic ring is 1. The van der Waals surface area contributed by atoms with Crippen molar-refractivity contribution < 1.29 is 0 Å². The van der Waals surface area contributed by atoms with Gasteiger partial charge in [0.25, 0.3) is 0 Å². The quantitative estimate of drug-likeness (QED) is 0.852. The number of hydrogen-bond acceptors (Lipinski definition) is 4. The van der Waals surface area contributed by atoms with Crippen LogP contribution >= 0.6 is 11.6 Å². The molecular formula is C13H12ClN5. The zero-order valence-electron chi connectivity index (χ0n) is 10.4. The lowest BCUT2D eigenvalue weighted by molar-refractivity contribution is 0.788. The maximum absolute atomic E-state index is 9.23. The van der Waals surface area contributed by atoms with E-state index in [9.17, 15) is 5.26 Å². The fourth-order valence-corrected chi connectivity index (χ4v) is 2.46. The molecule has 0 unspecified atom stereocenters. The SMILES string of the molecule is CC1(c2c(C#N)nn(-c3cccnc3Cl)c2N)CC1. The number of rotatable bonds is 2. The molecule has 0 bridgehead atoms. The average molecular weight is 274 g/mol. The lowest BCUT2D eigenvalue weighted by Crippen LogP contribution is -2.08. The highest BCUT2D eigenvalue weighted by Gasteiger charge is 2.44. The molecule has 2 aromatic heterocycles. The van der Waals surface area contributed by atoms with Crippen LogP contribution in [0.3, 0.4) is 0 Å². The number of pyridine rings is 1. The zero-order valence-corrected chi connectivity index (χ0v) is 11.1. The molecule has 0 amide bonds. The molecule has 2 heterocycles. The van der Waals surface area contributed by atoms with E-state index >= 15 is 0 Å². The smallest absolute Gasteiger partial charge is 0.168 e. The number of nitrogens with zero attached hydrogens (tertiary/aromatic N) is 4. The van der Waals surface area contributed by atoms with E-state index in [4.69, 9.17) is 17.3 Å². The largest absolute Gasteiger partial charge is 0.383 e. The Bertz CT molecular complexity index is 694. The van der Waals surface area contributed by atoms with Crippen LogP contribution in [0.2, 0.25) is 5.15 Å². The van der Waals surface area contributed by atoms with Gasteiger partial charge in [0.1, 0.15) is 17.6 Å². The molecule has 2 N–H and O–H groups in total. The summed E-state index contributed by atoms with van der Waals surface area (Å²) >= 11 is 6.06. The number of anilines is 1. The summed E-state index contributed by atoms with van der Waals surface area (Å²) in [5.74, 6) is 0.478. The lowest BCUT2D eigenvalue weighted by Gasteiger charge is -2.09. The van der Waals surface area contributed by atoms with Gasteiger partial charge in [0, 0.05) is 11.8 Å². The van der Waals surface area contributed by atoms with E-state index in [0.29, 0.717) is 22.4 Å². The zero-order chi connectivity index (χ0) is 13.6. The second-order valence-corrected chi connectivity index (χ2v) is 5.36. The summed E-state index contributed by atoms with van der Waals surface area (Å²) < 4.78 is 1.51. The summed E-state index contributed by atoms with van der Waals surface area (Å²) in [4.78, 5) is 4.01. The normalized spacial score (nSPS) is 16.1. The molecule has 0 atom stereocenters. The molecule has 3 rings (SSSR count). The van der Waals surface area contributed by atoms with Crippen LogP contribution in [0, 0.1) is 11.3 Å². The predicted molar refractivity (Wildman–Crippen MR) is 72.1 cm³/mol. The van der Waals surface area contributed by atoms with Crippen LogP contribution in [0.15, 0.2) is 18.3 Å². The fraction of sp³-hybridized carbons (Fsp3) is 0.308. The minimum absolute atomic E-state index is 0.0257. The van der Waals surface area contributed by atoms with E-state index in [1.165, 1.54) is 4.68 Å². The van der Waals surface area contributed by atoms with Gasteiger partial charge < -0.3 is 5.73 Å². The number of aromatic nitrogens is 3. The first-order valence-corrected chi connectivity index (χ1v) is 6.34. The summed E-state index contributed by atoms with van der Waals surface area (Å²) in [5.41, 5.74) is 7.94. The molecule has 1 aliphatic carbocycles. The molecule has 0 aromatic carbocycles. The Morgan fingerprint density at radius 1 is 1.53 bits per heavy atom. The molecule has 96 valence electrons. The van der Waals surface area contributed by atoms with E-state index in [1.807, 2.05) is 0 Å². The van der Waals surface area contributed by atoms with Gasteiger partial charge in [0.05, 0.1) is 0 Å². The third kappa shape index (κ3) is 1.76. The van der Waals surface area contributed by atoms with Crippen molar-refractivity contribution in [2.45, 2.75) is 25.2 Å². The van der Waals surface area contributed by atoms with Gasteiger partial charge in [0.2, 0.25) is 0 Å². The number of hydrogen-bond donors (Lipinski definition) is 1. The van der Waals surface area contributed by atoms with Crippen molar-refractivity contribution in [3.63, 3.8) is 0 Å². The van der Waals surface area contributed by atoms with Crippen LogP contribution < -0.4 is 5.73 Å². The number of halogens is 1. The molecular weight excluding hydrogens is 262 g/mol. The van der Waals surface area contributed by atoms with Crippen molar-refractivity contribution in [1.29, 1.82) is 5.26 Å². The second kappa shape index (κ2) is 3.97. The fourth-order valence-electron chi connectivity index (χ4n) is 2.26. The summed E-state index contributed by atoms with van der Waals surface area (Å²) in [7, 11) is 0. The topological polar surface area (TPSA) is 80.5 Å². The van der Waals surface area contributed by atoms with Gasteiger partial charge in [-0.05, 0) is 30.4 Å². The third-order valence-electron chi connectivity index (χ3n) is 3.60. The van der Waals surface area contributed by atoms with Crippen LogP contribution in [0.25, 0.3) is 5.69 Å². The molecule has 1 fully saturated rings. The highest BCUT2D eigenvalue weighted by atomic mass is 35.5. The van der Waals surface area contributed by atoms with E-state index in [1.54, 1.807) is 18.3 Å². The highest BCUT2D eigenvalue weighted by molar-refractivity contribution is 6.31. The van der Waals surface area contributed by atoms with Gasteiger partial charge in [-0.3, -0.25) is 0 Å². The second-order valence-electron chi connectivity index (χ2n) is 5.01. The Labute approximate surface area is 115 Å². The molecule has 1 saturated carbocycles. The van der Waals surface area contributed by atoms with Gasteiger partial charge in [-0.25, -0.2) is 9.67 Å². The standard InChI is InChI=1S/C13H12ClN5/c1-13(4-5-13)10-8(7-15)18-19(12(10)16)9-3-2-6-17-11(9)14/h2-3,6H,4-5,16H2,1H3. The first-order valence-electron chi connectivity index (χ1n) is 5.97. The van der Waals surface area contributed by atoms with Crippen LogP contribution in [0.4, 0.5) is 5.82 Å². The molecule has 0 saturated heterocycles. The van der Waals surface area contributed by atoms with E-state index in [0.717, 1.165) is 18.4 Å². The van der Waals surface area contributed by atoms with Crippen LogP contribution in [-0.4, -0.2) is 14.8 Å². The Morgan fingerprint density at radius 2 is 2.26 bits per heavy atom. The van der Waals surface area contributed by atoms with E-state index < -0.39 is 0 Å². The van der Waals surface area contributed by atoms with Crippen LogP contribution in [0.5, 0.6) is 0 Å². The lowest BCUT2D eigenvalue weighted by atomic mass is 9.98. The number of nitrogens with two attached hydrogens (primary N) is 1. The Kier molecular flexibility index (Phi) is 2.51. The molecule has 5 nitrogen and oxygen atoms in total. The molecule has 0 aliphatic heterocycles. The Balaban J connectivity index is 2.23. The van der Waals surface area contributed by atoms with E-state index in [-0.39, 0.29) is 5.41 Å². The molecule has 0 radical (unpaired) electrons. The summed E-state index contributed by atoms with van der Waals surface area (Å²) in [6.07, 6.45) is 3.65. The van der Waals surface area contributed by atoms with Crippen molar-refractivity contribution in [2.75, 3.05) is 5.73 Å². The van der Waals surface area contributed by atoms with Crippen molar-refractivity contribution in [2.24, 2.45) is 0 Å². The monoisotopic (exact) mass is 273 g/mol. The third-order valence-corrected chi connectivity index (χ3v) is 3.89. The van der Waals surface area contributed by atoms with Crippen molar-refractivity contribution in [3.05, 3.63) is 34.7 Å². The summed E-state index contributed by atoms with van der Waals surface area (Å²) in [5, 5.41) is 13.8. The Morgan fingerprint density at radius 3 is 2.84 bits per heavy atom. The van der Waals surface area contributed by atoms with E-state index in [2.05, 4.69) is 23.1 Å². The van der Waals surface area contributed by atoms with Gasteiger partial charge in [0.15, 0.2) is 10.8 Å². The molecule has 2 aromatic rings. The molecule has 19 heavy (non-hydrogen) atoms. The predicted octanol–water partition coefficient (Wildman–Crippen LogP) is 2.43. The van der Waals surface area contributed by atoms with Crippen LogP contribution in [-0.2, 0) is 5.41 Å². The van der Waals surface area contributed by atoms with Gasteiger partial charge >= 0.3 is 0 Å². The maximum Gasteiger partial charge on any atom is 0.168 e. The highest BCUT2D eigenvalue weighted by Crippen LogP contribution is 2.51. The maximum atomic E-state index is 9.23. The Hall–Kier alpha value is -2.06. The molecule has 0 spiro atoms. The van der Waals surface area contributed by atoms with Crippen molar-refractivity contribution in [1.82, 2.24) is 14.8 Å². The minimum Gasteiger partial charge on any atom is -0.383 e. The first-order chi connectivity index (χ1) is 9.07. The molecule has 1 aliphatic rings. The minimum atomic E-state index is -0.0257. The summed E-state index contributed by atoms with van der Waals surface area (Å²) in [6.45, 7) is 2.09. The first kappa shape index (κ1) is 12.0. The van der Waals surface area contributed by atoms with Crippen molar-refractivity contribution >= 4 is 17.4 Å². The molecule has 6 heteroatoms. The van der Waals surface area contributed by atoms with Gasteiger partial charge in [-0.1, -0.05) is 18.5 Å². The number of nitriles is 1. The van der Waals surface area contributed by atoms with Gasteiger partial charge in [-0.2, -0.15) is 10.4 Å².